The van der Waals surface area contributed by atoms with Crippen LogP contribution in [0.25, 0.3) is 0 Å². The van der Waals surface area contributed by atoms with Crippen LogP contribution in [-0.4, -0.2) is 18.8 Å². The molecule has 0 spiro atoms. The lowest BCUT2D eigenvalue weighted by atomic mass is 9.99. The molecule has 1 aromatic carbocycles. The van der Waals surface area contributed by atoms with Gasteiger partial charge in [-0.2, -0.15) is 0 Å². The predicted molar refractivity (Wildman–Crippen MR) is 87.6 cm³/mol. The first kappa shape index (κ1) is 17.3. The number of hydrogen-bond donors (Lipinski definition) is 0. The fourth-order valence-electron chi connectivity index (χ4n) is 1.81. The van der Waals surface area contributed by atoms with E-state index >= 15 is 0 Å². The van der Waals surface area contributed by atoms with Gasteiger partial charge in [0.05, 0.1) is 11.8 Å². The van der Waals surface area contributed by atoms with Crippen molar-refractivity contribution in [3.63, 3.8) is 0 Å². The minimum atomic E-state index is -2.98. The van der Waals surface area contributed by atoms with Crippen LogP contribution in [0.5, 0.6) is 0 Å². The first-order valence-electron chi connectivity index (χ1n) is 7.01. The van der Waals surface area contributed by atoms with Gasteiger partial charge in [-0.25, -0.2) is 0 Å². The van der Waals surface area contributed by atoms with E-state index in [2.05, 4.69) is 20.8 Å². The van der Waals surface area contributed by atoms with Crippen LogP contribution in [0.2, 0.25) is 0 Å². The molecule has 0 heterocycles. The van der Waals surface area contributed by atoms with Crippen LogP contribution in [0.4, 0.5) is 5.69 Å². The number of nitrogens with zero attached hydrogens (tertiary/aromatic N) is 1. The fraction of sp³-hybridized carbons (Fsp3) is 0.625. The van der Waals surface area contributed by atoms with Crippen molar-refractivity contribution in [2.45, 2.75) is 46.7 Å². The second-order valence-electron chi connectivity index (χ2n) is 7.38. The summed E-state index contributed by atoms with van der Waals surface area (Å²) in [6.45, 7) is 12.6. The quantitative estimate of drug-likeness (QED) is 0.717. The molecule has 1 aromatic rings. The zero-order valence-corrected chi connectivity index (χ0v) is 14.7. The third-order valence-corrected chi connectivity index (χ3v) is 6.24. The third-order valence-electron chi connectivity index (χ3n) is 3.05. The highest BCUT2D eigenvalue weighted by Crippen LogP contribution is 2.62. The van der Waals surface area contributed by atoms with Gasteiger partial charge in [-0.15, -0.1) is 0 Å². The highest BCUT2D eigenvalue weighted by molar-refractivity contribution is 7.62. The highest BCUT2D eigenvalue weighted by atomic mass is 31.2. The van der Waals surface area contributed by atoms with Crippen LogP contribution in [0.3, 0.4) is 0 Å². The molecule has 0 aliphatic carbocycles. The molecule has 0 radical (unpaired) electrons. The van der Waals surface area contributed by atoms with Crippen LogP contribution < -0.4 is 4.67 Å². The Hall–Kier alpha value is -0.790. The largest absolute Gasteiger partial charge is 0.312 e. The summed E-state index contributed by atoms with van der Waals surface area (Å²) in [7, 11) is -1.13. The number of para-hydroxylation sites is 1. The van der Waals surface area contributed by atoms with Crippen LogP contribution in [0.15, 0.2) is 30.3 Å². The number of rotatable bonds is 4. The Morgan fingerprint density at radius 3 is 1.95 bits per heavy atom. The van der Waals surface area contributed by atoms with E-state index < -0.39 is 12.7 Å². The molecule has 0 aliphatic rings. The van der Waals surface area contributed by atoms with Crippen LogP contribution in [-0.2, 0) is 9.09 Å². The summed E-state index contributed by atoms with van der Waals surface area (Å²) in [5, 5.41) is -0.442. The molecule has 3 nitrogen and oxygen atoms in total. The Balaban J connectivity index is 3.10. The fourth-order valence-corrected chi connectivity index (χ4v) is 4.27. The van der Waals surface area contributed by atoms with E-state index in [4.69, 9.17) is 4.52 Å². The third kappa shape index (κ3) is 4.10. The first-order chi connectivity index (χ1) is 8.97. The van der Waals surface area contributed by atoms with Crippen molar-refractivity contribution in [3.05, 3.63) is 30.3 Å². The molecule has 1 atom stereocenters. The lowest BCUT2D eigenvalue weighted by Crippen LogP contribution is -2.31. The van der Waals surface area contributed by atoms with Gasteiger partial charge in [-0.3, -0.25) is 4.57 Å². The van der Waals surface area contributed by atoms with E-state index in [1.165, 1.54) is 0 Å². The van der Waals surface area contributed by atoms with Gasteiger partial charge < -0.3 is 9.19 Å². The molecule has 4 heteroatoms. The van der Waals surface area contributed by atoms with Crippen molar-refractivity contribution < 1.29 is 9.09 Å². The van der Waals surface area contributed by atoms with Crippen LogP contribution in [0.1, 0.15) is 41.5 Å². The van der Waals surface area contributed by atoms with Gasteiger partial charge in [0.15, 0.2) is 0 Å². The van der Waals surface area contributed by atoms with Gasteiger partial charge in [-0.05, 0) is 38.3 Å². The maximum absolute atomic E-state index is 13.5. The molecule has 0 saturated heterocycles. The van der Waals surface area contributed by atoms with E-state index in [9.17, 15) is 4.57 Å². The van der Waals surface area contributed by atoms with Crippen molar-refractivity contribution in [1.82, 2.24) is 0 Å². The molecule has 0 aliphatic heterocycles. The molecule has 0 fully saturated rings. The summed E-state index contributed by atoms with van der Waals surface area (Å²) in [5.41, 5.74) is 0.901. The van der Waals surface area contributed by atoms with E-state index in [0.717, 1.165) is 5.69 Å². The Morgan fingerprint density at radius 2 is 1.55 bits per heavy atom. The highest BCUT2D eigenvalue weighted by Gasteiger charge is 2.43. The van der Waals surface area contributed by atoms with E-state index in [0.29, 0.717) is 6.61 Å². The molecular formula is C16H28NO2P. The molecule has 1 rings (SSSR count). The Labute approximate surface area is 123 Å². The topological polar surface area (TPSA) is 29.5 Å². The molecule has 0 saturated carbocycles. The first-order valence-corrected chi connectivity index (χ1v) is 8.59. The summed E-state index contributed by atoms with van der Waals surface area (Å²) >= 11 is 0. The lowest BCUT2D eigenvalue weighted by molar-refractivity contribution is 0.192. The summed E-state index contributed by atoms with van der Waals surface area (Å²) in [6, 6.07) is 9.76. The Bertz CT molecular complexity index is 471. The van der Waals surface area contributed by atoms with Gasteiger partial charge in [0.2, 0.25) is 0 Å². The Morgan fingerprint density at radius 1 is 1.05 bits per heavy atom. The monoisotopic (exact) mass is 297 g/mol. The van der Waals surface area contributed by atoms with Gasteiger partial charge in [0.1, 0.15) is 0 Å². The number of benzene rings is 1. The SMILES string of the molecule is CN(c1ccccc1)P(=O)(OCC(C)(C)C)C(C)(C)C. The van der Waals surface area contributed by atoms with Crippen molar-refractivity contribution in [1.29, 1.82) is 0 Å². The molecule has 0 N–H and O–H groups in total. The minimum Gasteiger partial charge on any atom is -0.312 e. The van der Waals surface area contributed by atoms with Gasteiger partial charge >= 0.3 is 7.52 Å². The van der Waals surface area contributed by atoms with Crippen molar-refractivity contribution in [2.24, 2.45) is 5.41 Å². The van der Waals surface area contributed by atoms with E-state index in [-0.39, 0.29) is 5.41 Å². The average molecular weight is 297 g/mol. The summed E-state index contributed by atoms with van der Waals surface area (Å²) < 4.78 is 21.2. The number of hydrogen-bond acceptors (Lipinski definition) is 2. The average Bonchev–Trinajstić information content (AvgIpc) is 2.34. The summed E-state index contributed by atoms with van der Waals surface area (Å²) in [6.07, 6.45) is 0. The summed E-state index contributed by atoms with van der Waals surface area (Å²) in [4.78, 5) is 0. The Kier molecular flexibility index (Phi) is 5.10. The second kappa shape index (κ2) is 5.91. The predicted octanol–water partition coefficient (Wildman–Crippen LogP) is 5.18. The molecular weight excluding hydrogens is 269 g/mol. The maximum Gasteiger partial charge on any atom is 0.301 e. The standard InChI is InChI=1S/C16H28NO2P/c1-15(2,3)13-19-20(18,16(4,5)6)17(7)14-11-9-8-10-12-14/h8-12H,13H2,1-7H3. The molecule has 20 heavy (non-hydrogen) atoms. The molecule has 114 valence electrons. The smallest absolute Gasteiger partial charge is 0.301 e. The van der Waals surface area contributed by atoms with E-state index in [1.807, 2.05) is 58.2 Å². The molecule has 0 aromatic heterocycles. The van der Waals surface area contributed by atoms with Crippen molar-refractivity contribution >= 4 is 13.2 Å². The van der Waals surface area contributed by atoms with Gasteiger partial charge in [0, 0.05) is 12.7 Å². The normalized spacial score (nSPS) is 15.8. The molecule has 1 unspecified atom stereocenters. The van der Waals surface area contributed by atoms with Crippen LogP contribution in [0, 0.1) is 5.41 Å². The van der Waals surface area contributed by atoms with Gasteiger partial charge in [-0.1, -0.05) is 39.0 Å². The van der Waals surface area contributed by atoms with Crippen molar-refractivity contribution in [2.75, 3.05) is 18.3 Å². The number of anilines is 1. The maximum atomic E-state index is 13.5. The second-order valence-corrected chi connectivity index (χ2v) is 10.6. The zero-order chi connectivity index (χ0) is 15.6. The van der Waals surface area contributed by atoms with Gasteiger partial charge in [0.25, 0.3) is 0 Å². The zero-order valence-electron chi connectivity index (χ0n) is 13.8. The van der Waals surface area contributed by atoms with Crippen LogP contribution >= 0.6 is 7.52 Å². The minimum absolute atomic E-state index is 0.0154. The molecule has 0 bridgehead atoms. The summed E-state index contributed by atoms with van der Waals surface area (Å²) in [5.74, 6) is 0. The lowest BCUT2D eigenvalue weighted by Gasteiger charge is -2.39. The molecule has 0 amide bonds. The van der Waals surface area contributed by atoms with E-state index in [1.54, 1.807) is 4.67 Å². The van der Waals surface area contributed by atoms with Crippen molar-refractivity contribution in [3.8, 4) is 0 Å².